The monoisotopic (exact) mass is 275 g/mol. The van der Waals surface area contributed by atoms with Crippen molar-refractivity contribution >= 4 is 32.6 Å². The smallest absolute Gasteiger partial charge is 0.205 e. The number of aryl methyl sites for hydroxylation is 1. The van der Waals surface area contributed by atoms with Gasteiger partial charge in [0.15, 0.2) is 0 Å². The van der Waals surface area contributed by atoms with Crippen LogP contribution in [0.1, 0.15) is 19.2 Å². The van der Waals surface area contributed by atoms with E-state index < -0.39 is 0 Å². The van der Waals surface area contributed by atoms with Crippen LogP contribution in [-0.2, 0) is 0 Å². The van der Waals surface area contributed by atoms with Crippen LogP contribution in [0.2, 0.25) is 0 Å². The van der Waals surface area contributed by atoms with Crippen molar-refractivity contribution in [2.45, 2.75) is 25.1 Å². The minimum Gasteiger partial charge on any atom is -0.346 e. The highest BCUT2D eigenvalue weighted by molar-refractivity contribution is 9.09. The van der Waals surface area contributed by atoms with E-state index in [4.69, 9.17) is 0 Å². The molecule has 14 heavy (non-hydrogen) atoms. The van der Waals surface area contributed by atoms with Crippen LogP contribution in [0.5, 0.6) is 0 Å². The van der Waals surface area contributed by atoms with Gasteiger partial charge in [-0.1, -0.05) is 22.9 Å². The molecule has 0 bridgehead atoms. The normalized spacial score (nSPS) is 28.1. The number of anilines is 1. The van der Waals surface area contributed by atoms with E-state index in [9.17, 15) is 0 Å². The zero-order chi connectivity index (χ0) is 10.1. The SMILES string of the molecule is Cc1nsc(N2CCC(C)C(Br)C2)n1. The minimum absolute atomic E-state index is 0.584. The average molecular weight is 276 g/mol. The molecule has 1 aliphatic rings. The van der Waals surface area contributed by atoms with E-state index in [1.54, 1.807) is 0 Å². The van der Waals surface area contributed by atoms with Crippen molar-refractivity contribution in [1.82, 2.24) is 9.36 Å². The molecule has 1 aliphatic heterocycles. The van der Waals surface area contributed by atoms with E-state index in [1.165, 1.54) is 18.0 Å². The van der Waals surface area contributed by atoms with Gasteiger partial charge >= 0.3 is 0 Å². The second-order valence-corrected chi connectivity index (χ2v) is 5.76. The van der Waals surface area contributed by atoms with Gasteiger partial charge in [-0.15, -0.1) is 0 Å². The molecule has 78 valence electrons. The van der Waals surface area contributed by atoms with E-state index in [2.05, 4.69) is 37.1 Å². The molecule has 1 aromatic heterocycles. The van der Waals surface area contributed by atoms with Gasteiger partial charge in [-0.3, -0.25) is 0 Å². The molecule has 0 spiro atoms. The number of rotatable bonds is 1. The Morgan fingerprint density at radius 3 is 2.93 bits per heavy atom. The van der Waals surface area contributed by atoms with Gasteiger partial charge in [0.05, 0.1) is 0 Å². The molecule has 2 atom stereocenters. The van der Waals surface area contributed by atoms with Crippen LogP contribution in [0.4, 0.5) is 5.13 Å². The summed E-state index contributed by atoms with van der Waals surface area (Å²) in [4.78, 5) is 7.31. The minimum atomic E-state index is 0.584. The molecule has 0 amide bonds. The van der Waals surface area contributed by atoms with Crippen molar-refractivity contribution in [3.8, 4) is 0 Å². The zero-order valence-electron chi connectivity index (χ0n) is 8.40. The number of nitrogens with zero attached hydrogens (tertiary/aromatic N) is 3. The Kier molecular flexibility index (Phi) is 3.07. The maximum Gasteiger partial charge on any atom is 0.205 e. The van der Waals surface area contributed by atoms with Gasteiger partial charge in [0, 0.05) is 29.4 Å². The summed E-state index contributed by atoms with van der Waals surface area (Å²) in [5.41, 5.74) is 0. The molecular formula is C9H14BrN3S. The summed E-state index contributed by atoms with van der Waals surface area (Å²) in [6.07, 6.45) is 1.23. The van der Waals surface area contributed by atoms with Crippen molar-refractivity contribution in [2.24, 2.45) is 5.92 Å². The van der Waals surface area contributed by atoms with Gasteiger partial charge in [-0.2, -0.15) is 4.37 Å². The summed E-state index contributed by atoms with van der Waals surface area (Å²) in [5.74, 6) is 1.65. The van der Waals surface area contributed by atoms with E-state index in [0.29, 0.717) is 4.83 Å². The van der Waals surface area contributed by atoms with Gasteiger partial charge in [0.25, 0.3) is 0 Å². The Balaban J connectivity index is 2.06. The highest BCUT2D eigenvalue weighted by atomic mass is 79.9. The molecule has 0 N–H and O–H groups in total. The third-order valence-corrected chi connectivity index (χ3v) is 4.71. The first-order chi connectivity index (χ1) is 6.66. The fourth-order valence-electron chi connectivity index (χ4n) is 1.61. The molecule has 1 saturated heterocycles. The number of hydrogen-bond donors (Lipinski definition) is 0. The molecule has 2 rings (SSSR count). The highest BCUT2D eigenvalue weighted by Gasteiger charge is 2.25. The second kappa shape index (κ2) is 4.14. The topological polar surface area (TPSA) is 29.0 Å². The molecule has 1 aromatic rings. The summed E-state index contributed by atoms with van der Waals surface area (Å²) in [6, 6.07) is 0. The van der Waals surface area contributed by atoms with Crippen molar-refractivity contribution in [3.05, 3.63) is 5.82 Å². The molecule has 0 radical (unpaired) electrons. The van der Waals surface area contributed by atoms with Crippen LogP contribution in [0, 0.1) is 12.8 Å². The predicted molar refractivity (Wildman–Crippen MR) is 63.4 cm³/mol. The second-order valence-electron chi connectivity index (χ2n) is 3.85. The number of alkyl halides is 1. The van der Waals surface area contributed by atoms with Crippen LogP contribution in [0.25, 0.3) is 0 Å². The predicted octanol–water partition coefficient (Wildman–Crippen LogP) is 2.46. The lowest BCUT2D eigenvalue weighted by Crippen LogP contribution is -2.40. The summed E-state index contributed by atoms with van der Waals surface area (Å²) in [6.45, 7) is 6.40. The number of aromatic nitrogens is 2. The van der Waals surface area contributed by atoms with Gasteiger partial charge < -0.3 is 4.90 Å². The number of halogens is 1. The molecule has 3 nitrogen and oxygen atoms in total. The summed E-state index contributed by atoms with van der Waals surface area (Å²) < 4.78 is 4.21. The molecular weight excluding hydrogens is 262 g/mol. The average Bonchev–Trinajstić information content (AvgIpc) is 2.57. The van der Waals surface area contributed by atoms with Crippen molar-refractivity contribution in [2.75, 3.05) is 18.0 Å². The summed E-state index contributed by atoms with van der Waals surface area (Å²) in [5, 5.41) is 1.07. The van der Waals surface area contributed by atoms with Crippen molar-refractivity contribution in [3.63, 3.8) is 0 Å². The van der Waals surface area contributed by atoms with Crippen LogP contribution < -0.4 is 4.90 Å². The maximum absolute atomic E-state index is 4.41. The lowest BCUT2D eigenvalue weighted by Gasteiger charge is -2.33. The number of hydrogen-bond acceptors (Lipinski definition) is 4. The first kappa shape index (κ1) is 10.4. The van der Waals surface area contributed by atoms with E-state index >= 15 is 0 Å². The highest BCUT2D eigenvalue weighted by Crippen LogP contribution is 2.28. The van der Waals surface area contributed by atoms with Gasteiger partial charge in [-0.05, 0) is 19.3 Å². The fraction of sp³-hybridized carbons (Fsp3) is 0.778. The van der Waals surface area contributed by atoms with Gasteiger partial charge in [0.1, 0.15) is 5.82 Å². The first-order valence-corrected chi connectivity index (χ1v) is 6.55. The van der Waals surface area contributed by atoms with Crippen LogP contribution in [0.15, 0.2) is 0 Å². The van der Waals surface area contributed by atoms with Crippen molar-refractivity contribution < 1.29 is 0 Å². The van der Waals surface area contributed by atoms with Crippen LogP contribution in [0.3, 0.4) is 0 Å². The third-order valence-electron chi connectivity index (χ3n) is 2.65. The van der Waals surface area contributed by atoms with Gasteiger partial charge in [0.2, 0.25) is 5.13 Å². The Morgan fingerprint density at radius 2 is 2.36 bits per heavy atom. The Bertz CT molecular complexity index is 315. The number of piperidine rings is 1. The zero-order valence-corrected chi connectivity index (χ0v) is 10.8. The Hall–Kier alpha value is -0.160. The van der Waals surface area contributed by atoms with Crippen molar-refractivity contribution in [1.29, 1.82) is 0 Å². The Morgan fingerprint density at radius 1 is 1.57 bits per heavy atom. The van der Waals surface area contributed by atoms with E-state index in [-0.39, 0.29) is 0 Å². The molecule has 0 aromatic carbocycles. The lowest BCUT2D eigenvalue weighted by molar-refractivity contribution is 0.456. The van der Waals surface area contributed by atoms with Crippen LogP contribution >= 0.6 is 27.5 Å². The molecule has 2 heterocycles. The standard InChI is InChI=1S/C9H14BrN3S/c1-6-3-4-13(5-8(6)10)9-11-7(2)12-14-9/h6,8H,3-5H2,1-2H3. The molecule has 5 heteroatoms. The third kappa shape index (κ3) is 2.08. The fourth-order valence-corrected chi connectivity index (χ4v) is 2.93. The van der Waals surface area contributed by atoms with E-state index in [0.717, 1.165) is 30.0 Å². The summed E-state index contributed by atoms with van der Waals surface area (Å²) in [7, 11) is 0. The lowest BCUT2D eigenvalue weighted by atomic mass is 10.00. The maximum atomic E-state index is 4.41. The molecule has 0 aliphatic carbocycles. The quantitative estimate of drug-likeness (QED) is 0.738. The van der Waals surface area contributed by atoms with Crippen LogP contribution in [-0.4, -0.2) is 27.3 Å². The molecule has 1 fully saturated rings. The Labute approximate surface area is 96.8 Å². The van der Waals surface area contributed by atoms with Gasteiger partial charge in [-0.25, -0.2) is 4.98 Å². The molecule has 0 saturated carbocycles. The first-order valence-electron chi connectivity index (χ1n) is 4.86. The summed E-state index contributed by atoms with van der Waals surface area (Å²) >= 11 is 5.22. The largest absolute Gasteiger partial charge is 0.346 e. The van der Waals surface area contributed by atoms with E-state index in [1.807, 2.05) is 6.92 Å². The molecule has 2 unspecified atom stereocenters.